The van der Waals surface area contributed by atoms with Gasteiger partial charge in [-0.25, -0.2) is 4.98 Å². The van der Waals surface area contributed by atoms with Crippen molar-refractivity contribution in [1.82, 2.24) is 20.1 Å². The molecule has 3 heterocycles. The first-order valence-corrected chi connectivity index (χ1v) is 9.43. The van der Waals surface area contributed by atoms with E-state index < -0.39 is 11.7 Å². The Kier molecular flexibility index (Phi) is 4.01. The maximum absolute atomic E-state index is 13.2. The average Bonchev–Trinajstić information content (AvgIpc) is 3.42. The van der Waals surface area contributed by atoms with Crippen molar-refractivity contribution in [2.75, 3.05) is 11.9 Å². The molecule has 3 aromatic rings. The molecule has 1 aromatic carbocycles. The summed E-state index contributed by atoms with van der Waals surface area (Å²) in [6.07, 6.45) is -0.149. The number of nitrogens with one attached hydrogen (secondary N) is 2. The van der Waals surface area contributed by atoms with Gasteiger partial charge in [-0.1, -0.05) is 12.1 Å². The maximum atomic E-state index is 13.2. The summed E-state index contributed by atoms with van der Waals surface area (Å²) in [5.41, 5.74) is 0.522. The first-order chi connectivity index (χ1) is 13.9. The summed E-state index contributed by atoms with van der Waals surface area (Å²) < 4.78 is 38.2. The zero-order chi connectivity index (χ0) is 20.2. The van der Waals surface area contributed by atoms with E-state index in [0.29, 0.717) is 29.4 Å². The smallest absolute Gasteiger partial charge is 0.365 e. The highest BCUT2D eigenvalue weighted by atomic mass is 19.4. The second kappa shape index (κ2) is 6.47. The Morgan fingerprint density at radius 3 is 2.76 bits per heavy atom. The number of carbonyl (C=O) groups excluding carboxylic acids is 1. The molecule has 2 bridgehead atoms. The number of aromatic amines is 1. The Morgan fingerprint density at radius 1 is 1.17 bits per heavy atom. The minimum absolute atomic E-state index is 0.0187. The minimum atomic E-state index is -4.41. The number of H-pyrrole nitrogens is 1. The molecule has 2 aliphatic rings. The van der Waals surface area contributed by atoms with Crippen molar-refractivity contribution < 1.29 is 18.0 Å². The Balaban J connectivity index is 1.35. The molecule has 2 unspecified atom stereocenters. The number of halogens is 3. The third kappa shape index (κ3) is 3.10. The Labute approximate surface area is 164 Å². The fraction of sp³-hybridized carbons (Fsp3) is 0.350. The van der Waals surface area contributed by atoms with E-state index in [2.05, 4.69) is 20.5 Å². The predicted octanol–water partition coefficient (Wildman–Crippen LogP) is 3.69. The molecule has 2 N–H and O–H groups in total. The van der Waals surface area contributed by atoms with Crippen molar-refractivity contribution in [3.05, 3.63) is 53.9 Å². The molecule has 1 aliphatic carbocycles. The molecule has 9 heteroatoms. The minimum Gasteiger partial charge on any atom is -0.365 e. The van der Waals surface area contributed by atoms with Crippen LogP contribution in [0, 0.1) is 5.92 Å². The summed E-state index contributed by atoms with van der Waals surface area (Å²) >= 11 is 0. The highest BCUT2D eigenvalue weighted by Gasteiger charge is 2.47. The molecule has 0 radical (unpaired) electrons. The van der Waals surface area contributed by atoms with E-state index in [9.17, 15) is 18.0 Å². The summed E-state index contributed by atoms with van der Waals surface area (Å²) in [5, 5.41) is 11.0. The molecule has 29 heavy (non-hydrogen) atoms. The lowest BCUT2D eigenvalue weighted by Gasteiger charge is -2.34. The van der Waals surface area contributed by atoms with E-state index in [1.165, 1.54) is 6.07 Å². The van der Waals surface area contributed by atoms with Gasteiger partial charge in [-0.3, -0.25) is 9.89 Å². The van der Waals surface area contributed by atoms with Gasteiger partial charge in [0.2, 0.25) is 0 Å². The fourth-order valence-electron chi connectivity index (χ4n) is 4.55. The van der Waals surface area contributed by atoms with Crippen LogP contribution in [0.4, 0.5) is 19.0 Å². The zero-order valence-corrected chi connectivity index (χ0v) is 15.3. The molecule has 0 spiro atoms. The second-order valence-electron chi connectivity index (χ2n) is 7.68. The van der Waals surface area contributed by atoms with E-state index in [4.69, 9.17) is 0 Å². The Morgan fingerprint density at radius 2 is 2.03 bits per heavy atom. The number of aromatic nitrogens is 3. The van der Waals surface area contributed by atoms with Crippen LogP contribution in [0.15, 0.2) is 42.7 Å². The highest BCUT2D eigenvalue weighted by molar-refractivity contribution is 6.05. The quantitative estimate of drug-likeness (QED) is 0.702. The number of piperidine rings is 1. The summed E-state index contributed by atoms with van der Waals surface area (Å²) in [6.45, 7) is 0.687. The molecular weight excluding hydrogens is 383 g/mol. The second-order valence-corrected chi connectivity index (χ2v) is 7.68. The number of benzene rings is 1. The lowest BCUT2D eigenvalue weighted by Crippen LogP contribution is -2.47. The molecule has 1 saturated carbocycles. The number of hydrogen-bond acceptors (Lipinski definition) is 4. The van der Waals surface area contributed by atoms with Crippen LogP contribution in [0.1, 0.15) is 28.8 Å². The highest BCUT2D eigenvalue weighted by Crippen LogP contribution is 2.40. The molecule has 1 aliphatic heterocycles. The zero-order valence-electron chi connectivity index (χ0n) is 15.3. The number of amides is 1. The average molecular weight is 401 g/mol. The number of pyridine rings is 1. The van der Waals surface area contributed by atoms with Crippen LogP contribution < -0.4 is 5.32 Å². The molecule has 2 aromatic heterocycles. The number of para-hydroxylation sites is 1. The van der Waals surface area contributed by atoms with Crippen molar-refractivity contribution in [3.63, 3.8) is 0 Å². The van der Waals surface area contributed by atoms with Gasteiger partial charge in [-0.15, -0.1) is 0 Å². The number of likely N-dealkylation sites (tertiary alicyclic amines) is 1. The van der Waals surface area contributed by atoms with Gasteiger partial charge in [0.1, 0.15) is 5.82 Å². The number of alkyl halides is 3. The lowest BCUT2D eigenvalue weighted by atomic mass is 10.0. The van der Waals surface area contributed by atoms with Gasteiger partial charge >= 0.3 is 6.18 Å². The third-order valence-electron chi connectivity index (χ3n) is 5.87. The molecule has 1 saturated heterocycles. The first-order valence-electron chi connectivity index (χ1n) is 9.43. The normalized spacial score (nSPS) is 23.7. The number of nitrogens with zero attached hydrogens (tertiary/aromatic N) is 3. The topological polar surface area (TPSA) is 73.9 Å². The van der Waals surface area contributed by atoms with Gasteiger partial charge < -0.3 is 10.2 Å². The fourth-order valence-corrected chi connectivity index (χ4v) is 4.55. The van der Waals surface area contributed by atoms with E-state index in [1.54, 1.807) is 12.3 Å². The van der Waals surface area contributed by atoms with Crippen molar-refractivity contribution in [3.8, 4) is 0 Å². The van der Waals surface area contributed by atoms with Crippen LogP contribution in [-0.4, -0.2) is 44.6 Å². The van der Waals surface area contributed by atoms with Gasteiger partial charge in [0.05, 0.1) is 28.9 Å². The van der Waals surface area contributed by atoms with Crippen molar-refractivity contribution >= 4 is 22.6 Å². The van der Waals surface area contributed by atoms with Gasteiger partial charge in [0.15, 0.2) is 0 Å². The molecule has 6 nitrogen and oxygen atoms in total. The molecule has 1 amide bonds. The Hall–Kier alpha value is -3.10. The summed E-state index contributed by atoms with van der Waals surface area (Å²) in [6, 6.07) is 7.82. The molecule has 5 rings (SSSR count). The van der Waals surface area contributed by atoms with Crippen molar-refractivity contribution in [2.45, 2.75) is 31.1 Å². The van der Waals surface area contributed by atoms with Crippen LogP contribution in [0.25, 0.3) is 10.9 Å². The van der Waals surface area contributed by atoms with Crippen molar-refractivity contribution in [2.24, 2.45) is 5.92 Å². The van der Waals surface area contributed by atoms with E-state index >= 15 is 0 Å². The number of carbonyl (C=O) groups is 1. The standard InChI is InChI=1S/C20H18F3N5O/c21-20(22,23)13-4-5-17(24-9-13)26-15-6-11-7-16(15)28(10-11)19(29)14-3-1-2-12-8-25-27-18(12)14/h1-5,8-9,11,15-16H,6-7,10H2,(H,24,26)(H,25,27)/t11-,15?,16?/m0/s1. The van der Waals surface area contributed by atoms with Gasteiger partial charge in [-0.05, 0) is 37.0 Å². The molecule has 150 valence electrons. The molecule has 3 atom stereocenters. The monoisotopic (exact) mass is 401 g/mol. The van der Waals surface area contributed by atoms with Crippen LogP contribution in [-0.2, 0) is 6.18 Å². The van der Waals surface area contributed by atoms with E-state index in [-0.39, 0.29) is 18.0 Å². The summed E-state index contributed by atoms with van der Waals surface area (Å²) in [7, 11) is 0. The number of anilines is 1. The summed E-state index contributed by atoms with van der Waals surface area (Å²) in [5.74, 6) is 0.703. The van der Waals surface area contributed by atoms with E-state index in [1.807, 2.05) is 17.0 Å². The van der Waals surface area contributed by atoms with Gasteiger partial charge in [-0.2, -0.15) is 18.3 Å². The van der Waals surface area contributed by atoms with Crippen LogP contribution in [0.5, 0.6) is 0 Å². The number of rotatable bonds is 3. The Bertz CT molecular complexity index is 1060. The lowest BCUT2D eigenvalue weighted by molar-refractivity contribution is -0.137. The van der Waals surface area contributed by atoms with Gasteiger partial charge in [0.25, 0.3) is 5.91 Å². The third-order valence-corrected chi connectivity index (χ3v) is 5.87. The maximum Gasteiger partial charge on any atom is 0.417 e. The molecule has 2 fully saturated rings. The summed E-state index contributed by atoms with van der Waals surface area (Å²) in [4.78, 5) is 19.0. The SMILES string of the molecule is O=C(c1cccc2cn[nH]c12)N1C[C@H]2CC(Nc3ccc(C(F)(F)F)cn3)C1C2. The van der Waals surface area contributed by atoms with Crippen LogP contribution in [0.3, 0.4) is 0 Å². The van der Waals surface area contributed by atoms with Crippen LogP contribution >= 0.6 is 0 Å². The van der Waals surface area contributed by atoms with Crippen molar-refractivity contribution in [1.29, 1.82) is 0 Å². The number of fused-ring (bicyclic) bond motifs is 3. The molecular formula is C20H18F3N5O. The van der Waals surface area contributed by atoms with E-state index in [0.717, 1.165) is 30.5 Å². The predicted molar refractivity (Wildman–Crippen MR) is 100 cm³/mol. The van der Waals surface area contributed by atoms with Crippen LogP contribution in [0.2, 0.25) is 0 Å². The first kappa shape index (κ1) is 18.0. The van der Waals surface area contributed by atoms with Gasteiger partial charge in [0, 0.05) is 24.2 Å². The largest absolute Gasteiger partial charge is 0.417 e. The number of hydrogen-bond donors (Lipinski definition) is 2.